The maximum atomic E-state index is 13.1. The number of rotatable bonds is 6. The molecule has 2 amide bonds. The number of nitrogens with zero attached hydrogens (tertiary/aromatic N) is 3. The number of halogens is 1. The average Bonchev–Trinajstić information content (AvgIpc) is 2.74. The molecule has 1 aromatic heterocycles. The standard InChI is InChI=1S/C21H25FN4O4/c1-2-30-21(29)25-12-9-17(10-13-25)23-19(27)11-14-26-20(28)8-7-18(24-26)15-3-5-16(22)6-4-15/h3-8,17H,2,9-14H2,1H3,(H,23,27). The van der Waals surface area contributed by atoms with Crippen molar-refractivity contribution in [2.24, 2.45) is 0 Å². The summed E-state index contributed by atoms with van der Waals surface area (Å²) in [7, 11) is 0. The summed E-state index contributed by atoms with van der Waals surface area (Å²) in [6.07, 6.45) is 1.09. The van der Waals surface area contributed by atoms with Crippen molar-refractivity contribution in [3.8, 4) is 11.3 Å². The number of ether oxygens (including phenoxy) is 1. The summed E-state index contributed by atoms with van der Waals surface area (Å²) in [5.74, 6) is -0.526. The van der Waals surface area contributed by atoms with E-state index >= 15 is 0 Å². The lowest BCUT2D eigenvalue weighted by Crippen LogP contribution is -2.46. The summed E-state index contributed by atoms with van der Waals surface area (Å²) in [5, 5.41) is 7.23. The van der Waals surface area contributed by atoms with E-state index in [1.807, 2.05) is 0 Å². The van der Waals surface area contributed by atoms with Gasteiger partial charge in [0, 0.05) is 37.2 Å². The highest BCUT2D eigenvalue weighted by Gasteiger charge is 2.24. The number of piperidine rings is 1. The molecule has 1 aliphatic rings. The molecule has 160 valence electrons. The predicted molar refractivity (Wildman–Crippen MR) is 108 cm³/mol. The molecule has 1 fully saturated rings. The molecular formula is C21H25FN4O4. The topological polar surface area (TPSA) is 93.5 Å². The van der Waals surface area contributed by atoms with Crippen LogP contribution in [0.1, 0.15) is 26.2 Å². The van der Waals surface area contributed by atoms with Crippen molar-refractivity contribution in [1.82, 2.24) is 20.0 Å². The van der Waals surface area contributed by atoms with Gasteiger partial charge in [0.25, 0.3) is 5.56 Å². The smallest absolute Gasteiger partial charge is 0.409 e. The third kappa shape index (κ3) is 5.65. The number of nitrogens with one attached hydrogen (secondary N) is 1. The Hall–Kier alpha value is -3.23. The number of carbonyl (C=O) groups excluding carboxylic acids is 2. The zero-order chi connectivity index (χ0) is 21.5. The molecule has 1 N–H and O–H groups in total. The van der Waals surface area contributed by atoms with E-state index in [4.69, 9.17) is 4.74 Å². The van der Waals surface area contributed by atoms with Crippen molar-refractivity contribution in [1.29, 1.82) is 0 Å². The molecule has 0 saturated carbocycles. The molecule has 1 aliphatic heterocycles. The highest BCUT2D eigenvalue weighted by molar-refractivity contribution is 5.76. The van der Waals surface area contributed by atoms with Gasteiger partial charge in [-0.05, 0) is 50.1 Å². The molecule has 0 unspecified atom stereocenters. The number of likely N-dealkylation sites (tertiary alicyclic amines) is 1. The molecule has 2 aromatic rings. The molecule has 3 rings (SSSR count). The molecule has 8 nitrogen and oxygen atoms in total. The first-order valence-corrected chi connectivity index (χ1v) is 10.0. The Bertz CT molecular complexity index is 937. The second-order valence-electron chi connectivity index (χ2n) is 7.06. The zero-order valence-corrected chi connectivity index (χ0v) is 16.8. The van der Waals surface area contributed by atoms with Gasteiger partial charge in [0.05, 0.1) is 18.8 Å². The minimum Gasteiger partial charge on any atom is -0.450 e. The SMILES string of the molecule is CCOC(=O)N1CCC(NC(=O)CCn2nc(-c3ccc(F)cc3)ccc2=O)CC1. The highest BCUT2D eigenvalue weighted by atomic mass is 19.1. The van der Waals surface area contributed by atoms with Crippen LogP contribution in [0.3, 0.4) is 0 Å². The Kier molecular flexibility index (Phi) is 7.16. The maximum absolute atomic E-state index is 13.1. The normalized spacial score (nSPS) is 14.4. The van der Waals surface area contributed by atoms with Gasteiger partial charge in [-0.25, -0.2) is 13.9 Å². The molecule has 0 bridgehead atoms. The molecule has 0 radical (unpaired) electrons. The van der Waals surface area contributed by atoms with Gasteiger partial charge in [-0.3, -0.25) is 9.59 Å². The molecule has 1 aromatic carbocycles. The Balaban J connectivity index is 1.51. The molecule has 1 saturated heterocycles. The lowest BCUT2D eigenvalue weighted by atomic mass is 10.1. The minimum absolute atomic E-state index is 0.0154. The summed E-state index contributed by atoms with van der Waals surface area (Å²) < 4.78 is 19.3. The lowest BCUT2D eigenvalue weighted by molar-refractivity contribution is -0.122. The van der Waals surface area contributed by atoms with E-state index < -0.39 is 0 Å². The number of amides is 2. The Labute approximate surface area is 173 Å². The van der Waals surface area contributed by atoms with E-state index in [2.05, 4.69) is 10.4 Å². The average molecular weight is 416 g/mol. The first kappa shape index (κ1) is 21.5. The molecule has 30 heavy (non-hydrogen) atoms. The summed E-state index contributed by atoms with van der Waals surface area (Å²) >= 11 is 0. The van der Waals surface area contributed by atoms with Crippen LogP contribution in [-0.2, 0) is 16.1 Å². The zero-order valence-electron chi connectivity index (χ0n) is 16.8. The molecule has 2 heterocycles. The van der Waals surface area contributed by atoms with Gasteiger partial charge < -0.3 is 15.0 Å². The van der Waals surface area contributed by atoms with Gasteiger partial charge in [-0.1, -0.05) is 0 Å². The Morgan fingerprint density at radius 1 is 1.17 bits per heavy atom. The van der Waals surface area contributed by atoms with Crippen molar-refractivity contribution in [3.05, 3.63) is 52.6 Å². The highest BCUT2D eigenvalue weighted by Crippen LogP contribution is 2.16. The van der Waals surface area contributed by atoms with Gasteiger partial charge in [0.1, 0.15) is 5.82 Å². The van der Waals surface area contributed by atoms with E-state index in [1.165, 1.54) is 22.9 Å². The van der Waals surface area contributed by atoms with Crippen molar-refractivity contribution in [2.45, 2.75) is 38.8 Å². The Morgan fingerprint density at radius 2 is 1.87 bits per heavy atom. The van der Waals surface area contributed by atoms with Crippen LogP contribution in [0, 0.1) is 5.82 Å². The number of benzene rings is 1. The summed E-state index contributed by atoms with van der Waals surface area (Å²) in [4.78, 5) is 37.7. The number of hydrogen-bond donors (Lipinski definition) is 1. The van der Waals surface area contributed by atoms with Crippen LogP contribution in [-0.4, -0.2) is 52.4 Å². The van der Waals surface area contributed by atoms with E-state index in [0.717, 1.165) is 0 Å². The lowest BCUT2D eigenvalue weighted by Gasteiger charge is -2.31. The van der Waals surface area contributed by atoms with Crippen LogP contribution in [0.25, 0.3) is 11.3 Å². The largest absolute Gasteiger partial charge is 0.450 e. The third-order valence-electron chi connectivity index (χ3n) is 4.94. The van der Waals surface area contributed by atoms with Gasteiger partial charge in [-0.2, -0.15) is 5.10 Å². The van der Waals surface area contributed by atoms with Gasteiger partial charge >= 0.3 is 6.09 Å². The van der Waals surface area contributed by atoms with Gasteiger partial charge in [0.15, 0.2) is 0 Å². The van der Waals surface area contributed by atoms with E-state index in [0.29, 0.717) is 43.8 Å². The molecule has 9 heteroatoms. The van der Waals surface area contributed by atoms with Crippen molar-refractivity contribution < 1.29 is 18.7 Å². The molecule has 0 aliphatic carbocycles. The monoisotopic (exact) mass is 416 g/mol. The van der Waals surface area contributed by atoms with Crippen molar-refractivity contribution in [3.63, 3.8) is 0 Å². The fraction of sp³-hybridized carbons (Fsp3) is 0.429. The quantitative estimate of drug-likeness (QED) is 0.779. The van der Waals surface area contributed by atoms with Gasteiger partial charge in [0.2, 0.25) is 5.91 Å². The van der Waals surface area contributed by atoms with Crippen LogP contribution in [0.15, 0.2) is 41.2 Å². The second kappa shape index (κ2) is 10.00. The maximum Gasteiger partial charge on any atom is 0.409 e. The van der Waals surface area contributed by atoms with Crippen LogP contribution < -0.4 is 10.9 Å². The fourth-order valence-corrected chi connectivity index (χ4v) is 3.31. The summed E-state index contributed by atoms with van der Waals surface area (Å²) in [6.45, 7) is 3.31. The molecular weight excluding hydrogens is 391 g/mol. The number of aryl methyl sites for hydroxylation is 1. The van der Waals surface area contributed by atoms with Crippen LogP contribution in [0.5, 0.6) is 0 Å². The number of hydrogen-bond acceptors (Lipinski definition) is 5. The van der Waals surface area contributed by atoms with E-state index in [1.54, 1.807) is 30.0 Å². The minimum atomic E-state index is -0.350. The van der Waals surface area contributed by atoms with Crippen LogP contribution in [0.4, 0.5) is 9.18 Å². The van der Waals surface area contributed by atoms with E-state index in [9.17, 15) is 18.8 Å². The third-order valence-corrected chi connectivity index (χ3v) is 4.94. The number of aromatic nitrogens is 2. The van der Waals surface area contributed by atoms with Crippen LogP contribution in [0.2, 0.25) is 0 Å². The predicted octanol–water partition coefficient (Wildman–Crippen LogP) is 2.18. The Morgan fingerprint density at radius 3 is 2.53 bits per heavy atom. The molecule has 0 spiro atoms. The number of carbonyl (C=O) groups is 2. The second-order valence-corrected chi connectivity index (χ2v) is 7.06. The van der Waals surface area contributed by atoms with Crippen molar-refractivity contribution >= 4 is 12.0 Å². The summed E-state index contributed by atoms with van der Waals surface area (Å²) in [6, 6.07) is 8.76. The molecule has 0 atom stereocenters. The first-order chi connectivity index (χ1) is 14.5. The van der Waals surface area contributed by atoms with Crippen LogP contribution >= 0.6 is 0 Å². The van der Waals surface area contributed by atoms with Gasteiger partial charge in [-0.15, -0.1) is 0 Å². The van der Waals surface area contributed by atoms with E-state index in [-0.39, 0.29) is 42.4 Å². The summed E-state index contributed by atoms with van der Waals surface area (Å²) in [5.41, 5.74) is 0.903. The fourth-order valence-electron chi connectivity index (χ4n) is 3.31. The first-order valence-electron chi connectivity index (χ1n) is 10.0. The van der Waals surface area contributed by atoms with Crippen molar-refractivity contribution in [2.75, 3.05) is 19.7 Å².